The molecule has 3 heterocycles. The quantitative estimate of drug-likeness (QED) is 0.241. The van der Waals surface area contributed by atoms with Crippen LogP contribution in [0.3, 0.4) is 0 Å². The third-order valence-electron chi connectivity index (χ3n) is 5.02. The molecule has 0 saturated carbocycles. The normalized spacial score (nSPS) is 11.3. The van der Waals surface area contributed by atoms with E-state index in [4.69, 9.17) is 4.98 Å². The van der Waals surface area contributed by atoms with Gasteiger partial charge < -0.3 is 9.13 Å². The molecule has 31 heavy (non-hydrogen) atoms. The van der Waals surface area contributed by atoms with Gasteiger partial charge in [0.15, 0.2) is 0 Å². The zero-order chi connectivity index (χ0) is 21.4. The van der Waals surface area contributed by atoms with Crippen molar-refractivity contribution in [1.82, 2.24) is 24.1 Å². The summed E-state index contributed by atoms with van der Waals surface area (Å²) < 4.78 is 20.0. The molecule has 0 N–H and O–H groups in total. The average Bonchev–Trinajstić information content (AvgIpc) is 3.39. The Labute approximate surface area is 200 Å². The van der Waals surface area contributed by atoms with Crippen molar-refractivity contribution in [3.05, 3.63) is 98.6 Å². The summed E-state index contributed by atoms with van der Waals surface area (Å²) in [6.45, 7) is 1.28. The van der Waals surface area contributed by atoms with Crippen LogP contribution in [0.2, 0.25) is 0 Å². The van der Waals surface area contributed by atoms with Crippen molar-refractivity contribution in [2.45, 2.75) is 13.1 Å². The van der Waals surface area contributed by atoms with Gasteiger partial charge in [-0.25, -0.2) is 14.4 Å². The molecule has 3 aromatic heterocycles. The second-order valence-corrected chi connectivity index (χ2v) is 9.30. The molecule has 5 rings (SSSR count). The van der Waals surface area contributed by atoms with Crippen LogP contribution in [0.4, 0.5) is 4.39 Å². The van der Waals surface area contributed by atoms with Crippen LogP contribution in [-0.2, 0) is 13.1 Å². The smallest absolute Gasteiger partial charge is 0.143 e. The second-order valence-electron chi connectivity index (χ2n) is 7.22. The first-order valence-corrected chi connectivity index (χ1v) is 11.4. The molecule has 5 nitrogen and oxygen atoms in total. The van der Waals surface area contributed by atoms with Gasteiger partial charge in [-0.2, -0.15) is 0 Å². The van der Waals surface area contributed by atoms with Crippen molar-refractivity contribution in [3.63, 3.8) is 0 Å². The summed E-state index contributed by atoms with van der Waals surface area (Å²) >= 11 is 5.51. The molecule has 0 atom stereocenters. The lowest BCUT2D eigenvalue weighted by atomic mass is 10.1. The number of imidazole rings is 2. The van der Waals surface area contributed by atoms with Crippen LogP contribution in [0.1, 0.15) is 11.1 Å². The molecule has 2 aromatic carbocycles. The highest BCUT2D eigenvalue weighted by molar-refractivity contribution is 14.1. The molecule has 154 valence electrons. The summed E-state index contributed by atoms with van der Waals surface area (Å²) in [5.74, 6) is 0.499. The van der Waals surface area contributed by atoms with Gasteiger partial charge in [-0.3, -0.25) is 4.98 Å². The molecule has 8 heteroatoms. The Balaban J connectivity index is 1.63. The molecular formula is C23H16BrFIN5. The number of benzene rings is 2. The number of fused-ring (bicyclic) bond motifs is 1. The molecule has 0 aliphatic heterocycles. The first-order valence-electron chi connectivity index (χ1n) is 9.56. The Morgan fingerprint density at radius 1 is 0.968 bits per heavy atom. The van der Waals surface area contributed by atoms with E-state index in [0.717, 1.165) is 32.5 Å². The maximum absolute atomic E-state index is 14.3. The number of aromatic nitrogens is 5. The minimum Gasteiger partial charge on any atom is -0.333 e. The van der Waals surface area contributed by atoms with Gasteiger partial charge in [-0.1, -0.05) is 28.1 Å². The van der Waals surface area contributed by atoms with Crippen LogP contribution in [0.15, 0.2) is 78.1 Å². The maximum atomic E-state index is 14.3. The van der Waals surface area contributed by atoms with Gasteiger partial charge in [0.05, 0.1) is 27.5 Å². The first-order chi connectivity index (χ1) is 15.1. The fourth-order valence-electron chi connectivity index (χ4n) is 3.56. The van der Waals surface area contributed by atoms with Crippen LogP contribution < -0.4 is 0 Å². The number of pyridine rings is 1. The third kappa shape index (κ3) is 4.27. The Kier molecular flexibility index (Phi) is 5.58. The van der Waals surface area contributed by atoms with Crippen LogP contribution >= 0.6 is 38.5 Å². The van der Waals surface area contributed by atoms with Crippen molar-refractivity contribution in [1.29, 1.82) is 0 Å². The van der Waals surface area contributed by atoms with Crippen molar-refractivity contribution in [3.8, 4) is 11.4 Å². The summed E-state index contributed by atoms with van der Waals surface area (Å²) in [5, 5.41) is 0. The molecule has 0 saturated heterocycles. The summed E-state index contributed by atoms with van der Waals surface area (Å²) in [5.41, 5.74) is 4.58. The van der Waals surface area contributed by atoms with E-state index < -0.39 is 0 Å². The molecule has 0 spiro atoms. The summed E-state index contributed by atoms with van der Waals surface area (Å²) in [6, 6.07) is 13.6. The summed E-state index contributed by atoms with van der Waals surface area (Å²) in [4.78, 5) is 13.3. The van der Waals surface area contributed by atoms with Crippen LogP contribution in [0.5, 0.6) is 0 Å². The molecular weight excluding hydrogens is 572 g/mol. The Morgan fingerprint density at radius 2 is 1.81 bits per heavy atom. The Hall–Kier alpha value is -2.59. The van der Waals surface area contributed by atoms with Crippen LogP contribution in [0, 0.1) is 9.39 Å². The van der Waals surface area contributed by atoms with Crippen molar-refractivity contribution >= 4 is 49.6 Å². The maximum Gasteiger partial charge on any atom is 0.143 e. The minimum atomic E-state index is -0.264. The fraction of sp³-hybridized carbons (Fsp3) is 0.0870. The SMILES string of the molecule is Fc1cc2nc(-c3cncc(Cn4ccnc4)c3)n(Cc3ccc(Br)cc3)c2cc1I. The van der Waals surface area contributed by atoms with Crippen molar-refractivity contribution < 1.29 is 4.39 Å². The molecule has 0 amide bonds. The minimum absolute atomic E-state index is 0.264. The van der Waals surface area contributed by atoms with E-state index in [1.54, 1.807) is 18.7 Å². The van der Waals surface area contributed by atoms with Gasteiger partial charge >= 0.3 is 0 Å². The van der Waals surface area contributed by atoms with Gasteiger partial charge in [-0.05, 0) is 58.0 Å². The second kappa shape index (κ2) is 8.51. The van der Waals surface area contributed by atoms with Gasteiger partial charge in [0, 0.05) is 47.4 Å². The lowest BCUT2D eigenvalue weighted by molar-refractivity contribution is 0.622. The highest BCUT2D eigenvalue weighted by Gasteiger charge is 2.16. The van der Waals surface area contributed by atoms with E-state index >= 15 is 0 Å². The van der Waals surface area contributed by atoms with E-state index in [9.17, 15) is 4.39 Å². The van der Waals surface area contributed by atoms with Crippen molar-refractivity contribution in [2.24, 2.45) is 0 Å². The molecule has 0 radical (unpaired) electrons. The molecule has 0 unspecified atom stereocenters. The van der Waals surface area contributed by atoms with E-state index in [0.29, 0.717) is 22.2 Å². The van der Waals surface area contributed by atoms with E-state index in [-0.39, 0.29) is 5.82 Å². The zero-order valence-electron chi connectivity index (χ0n) is 16.2. The molecule has 0 aliphatic carbocycles. The van der Waals surface area contributed by atoms with Crippen molar-refractivity contribution in [2.75, 3.05) is 0 Å². The lowest BCUT2D eigenvalue weighted by Gasteiger charge is -2.11. The van der Waals surface area contributed by atoms with E-state index in [2.05, 4.69) is 48.7 Å². The highest BCUT2D eigenvalue weighted by Crippen LogP contribution is 2.29. The lowest BCUT2D eigenvalue weighted by Crippen LogP contribution is -2.04. The van der Waals surface area contributed by atoms with Gasteiger partial charge in [-0.15, -0.1) is 0 Å². The third-order valence-corrected chi connectivity index (χ3v) is 6.38. The first kappa shape index (κ1) is 20.3. The molecule has 0 bridgehead atoms. The van der Waals surface area contributed by atoms with Gasteiger partial charge in [0.25, 0.3) is 0 Å². The van der Waals surface area contributed by atoms with E-state index in [1.807, 2.05) is 57.8 Å². The number of hydrogen-bond donors (Lipinski definition) is 0. The zero-order valence-corrected chi connectivity index (χ0v) is 20.0. The Bertz CT molecular complexity index is 1360. The number of rotatable bonds is 5. The molecule has 0 fully saturated rings. The molecule has 0 aliphatic rings. The summed E-state index contributed by atoms with van der Waals surface area (Å²) in [6.07, 6.45) is 9.09. The Morgan fingerprint density at radius 3 is 2.58 bits per heavy atom. The topological polar surface area (TPSA) is 48.5 Å². The molecule has 5 aromatic rings. The average molecular weight is 588 g/mol. The monoisotopic (exact) mass is 587 g/mol. The number of hydrogen-bond acceptors (Lipinski definition) is 3. The van der Waals surface area contributed by atoms with Crippen LogP contribution in [-0.4, -0.2) is 24.1 Å². The fourth-order valence-corrected chi connectivity index (χ4v) is 4.28. The largest absolute Gasteiger partial charge is 0.333 e. The number of nitrogens with zero attached hydrogens (tertiary/aromatic N) is 5. The van der Waals surface area contributed by atoms with E-state index in [1.165, 1.54) is 6.07 Å². The standard InChI is InChI=1S/C23H16BrFIN5/c24-18-3-1-15(2-4-18)13-31-22-9-20(26)19(25)8-21(22)29-23(31)17-7-16(10-28-11-17)12-30-6-5-27-14-30/h1-11,14H,12-13H2. The summed E-state index contributed by atoms with van der Waals surface area (Å²) in [7, 11) is 0. The predicted octanol–water partition coefficient (Wildman–Crippen LogP) is 5.90. The number of halogens is 3. The predicted molar refractivity (Wildman–Crippen MR) is 130 cm³/mol. The van der Waals surface area contributed by atoms with Crippen LogP contribution in [0.25, 0.3) is 22.4 Å². The highest BCUT2D eigenvalue weighted by atomic mass is 127. The van der Waals surface area contributed by atoms with Gasteiger partial charge in [0.1, 0.15) is 11.6 Å². The van der Waals surface area contributed by atoms with Gasteiger partial charge in [0.2, 0.25) is 0 Å².